The maximum Gasteiger partial charge on any atom is 0.325 e. The first-order valence-electron chi connectivity index (χ1n) is 14.3. The highest BCUT2D eigenvalue weighted by Crippen LogP contribution is 2.42. The summed E-state index contributed by atoms with van der Waals surface area (Å²) in [5.41, 5.74) is 4.29. The van der Waals surface area contributed by atoms with Gasteiger partial charge in [0.2, 0.25) is 0 Å². The van der Waals surface area contributed by atoms with E-state index >= 15 is 0 Å². The van der Waals surface area contributed by atoms with E-state index in [1.165, 1.54) is 0 Å². The van der Waals surface area contributed by atoms with Crippen molar-refractivity contribution in [3.8, 4) is 0 Å². The molecule has 2 amide bonds. The monoisotopic (exact) mass is 576 g/mol. The lowest BCUT2D eigenvalue weighted by atomic mass is 9.90. The van der Waals surface area contributed by atoms with E-state index in [0.29, 0.717) is 12.2 Å². The number of nitrogens with one attached hydrogen (secondary N) is 2. The van der Waals surface area contributed by atoms with Crippen LogP contribution in [0.4, 0.5) is 10.5 Å². The van der Waals surface area contributed by atoms with E-state index in [1.807, 2.05) is 60.8 Å². The third-order valence-corrected chi connectivity index (χ3v) is 7.23. The molecule has 4 unspecified atom stereocenters. The third-order valence-electron chi connectivity index (χ3n) is 7.23. The van der Waals surface area contributed by atoms with E-state index in [0.717, 1.165) is 35.3 Å². The van der Waals surface area contributed by atoms with Crippen LogP contribution >= 0.6 is 0 Å². The SMILES string of the molecule is CCOC(=O)CNC(=O)Nc1ccc(C2OC(CN(C)CCc3ccccn3)C(C)C(c3ccc(CO)cc3)O2)cc1. The smallest absolute Gasteiger partial charge is 0.325 e. The molecule has 1 saturated heterocycles. The van der Waals surface area contributed by atoms with Crippen molar-refractivity contribution in [2.75, 3.05) is 38.6 Å². The zero-order valence-electron chi connectivity index (χ0n) is 24.4. The molecule has 0 aliphatic carbocycles. The number of likely N-dealkylation sites (N-methyl/N-ethyl adjacent to an activating group) is 1. The lowest BCUT2D eigenvalue weighted by Gasteiger charge is -2.42. The van der Waals surface area contributed by atoms with E-state index in [4.69, 9.17) is 14.2 Å². The summed E-state index contributed by atoms with van der Waals surface area (Å²) in [6.07, 6.45) is 1.69. The van der Waals surface area contributed by atoms with Gasteiger partial charge in [0.15, 0.2) is 6.29 Å². The quantitative estimate of drug-likeness (QED) is 0.274. The Hall–Kier alpha value is -3.83. The van der Waals surface area contributed by atoms with Gasteiger partial charge in [0.05, 0.1) is 25.4 Å². The normalized spacial score (nSPS) is 20.2. The van der Waals surface area contributed by atoms with E-state index in [2.05, 4.69) is 34.5 Å². The van der Waals surface area contributed by atoms with Crippen molar-refractivity contribution >= 4 is 17.7 Å². The number of urea groups is 1. The number of carbonyl (C=O) groups excluding carboxylic acids is 2. The van der Waals surface area contributed by atoms with E-state index in [-0.39, 0.29) is 37.9 Å². The molecular formula is C32H40N4O6. The van der Waals surface area contributed by atoms with Crippen LogP contribution in [0.5, 0.6) is 0 Å². The molecule has 0 radical (unpaired) electrons. The maximum absolute atomic E-state index is 12.2. The summed E-state index contributed by atoms with van der Waals surface area (Å²) in [6, 6.07) is 20.5. The van der Waals surface area contributed by atoms with Gasteiger partial charge in [0, 0.05) is 48.6 Å². The summed E-state index contributed by atoms with van der Waals surface area (Å²) < 4.78 is 17.9. The first kappa shape index (κ1) is 31.1. The van der Waals surface area contributed by atoms with Crippen molar-refractivity contribution in [2.24, 2.45) is 5.92 Å². The van der Waals surface area contributed by atoms with Crippen LogP contribution in [0.3, 0.4) is 0 Å². The molecule has 2 heterocycles. The number of aliphatic hydroxyl groups excluding tert-OH is 1. The van der Waals surface area contributed by atoms with Crippen LogP contribution in [-0.2, 0) is 32.0 Å². The number of hydrogen-bond donors (Lipinski definition) is 3. The first-order chi connectivity index (χ1) is 20.4. The zero-order chi connectivity index (χ0) is 29.9. The van der Waals surface area contributed by atoms with Crippen LogP contribution < -0.4 is 10.6 Å². The van der Waals surface area contributed by atoms with Crippen molar-refractivity contribution in [1.82, 2.24) is 15.2 Å². The number of amides is 2. The number of pyridine rings is 1. The number of rotatable bonds is 12. The molecule has 0 spiro atoms. The number of aromatic nitrogens is 1. The molecule has 2 aromatic carbocycles. The molecule has 0 bridgehead atoms. The maximum atomic E-state index is 12.2. The Morgan fingerprint density at radius 3 is 2.43 bits per heavy atom. The minimum absolute atomic E-state index is 0.0159. The number of esters is 1. The average molecular weight is 577 g/mol. The molecule has 10 nitrogen and oxygen atoms in total. The number of aliphatic hydroxyl groups is 1. The second-order valence-corrected chi connectivity index (χ2v) is 10.4. The fourth-order valence-corrected chi connectivity index (χ4v) is 4.84. The average Bonchev–Trinajstić information content (AvgIpc) is 3.01. The summed E-state index contributed by atoms with van der Waals surface area (Å²) in [5, 5.41) is 14.7. The predicted octanol–water partition coefficient (Wildman–Crippen LogP) is 4.22. The van der Waals surface area contributed by atoms with Gasteiger partial charge in [0.1, 0.15) is 6.54 Å². The molecular weight excluding hydrogens is 536 g/mol. The molecule has 0 saturated carbocycles. The van der Waals surface area contributed by atoms with Crippen LogP contribution in [0.2, 0.25) is 0 Å². The Morgan fingerprint density at radius 2 is 1.76 bits per heavy atom. The summed E-state index contributed by atoms with van der Waals surface area (Å²) in [7, 11) is 2.09. The highest BCUT2D eigenvalue weighted by atomic mass is 16.7. The molecule has 42 heavy (non-hydrogen) atoms. The Bertz CT molecular complexity index is 1270. The standard InChI is InChI=1S/C32H40N4O6/c1-4-40-29(38)19-34-32(39)35-27-14-12-25(13-15-27)31-41-28(20-36(3)18-16-26-7-5-6-17-33-26)22(2)30(42-31)24-10-8-23(21-37)9-11-24/h5-15,17,22,28,30-31,37H,4,16,18-21H2,1-3H3,(H2,34,35,39). The predicted molar refractivity (Wildman–Crippen MR) is 159 cm³/mol. The van der Waals surface area contributed by atoms with Crippen LogP contribution in [0, 0.1) is 5.92 Å². The molecule has 4 atom stereocenters. The van der Waals surface area contributed by atoms with Crippen LogP contribution in [-0.4, -0.2) is 66.4 Å². The fourth-order valence-electron chi connectivity index (χ4n) is 4.84. The zero-order valence-corrected chi connectivity index (χ0v) is 24.4. The molecule has 1 aliphatic heterocycles. The Labute approximate surface area is 247 Å². The number of ether oxygens (including phenoxy) is 3. The number of benzene rings is 2. The highest BCUT2D eigenvalue weighted by molar-refractivity contribution is 5.91. The van der Waals surface area contributed by atoms with Crippen molar-refractivity contribution in [3.63, 3.8) is 0 Å². The minimum Gasteiger partial charge on any atom is -0.465 e. The lowest BCUT2D eigenvalue weighted by Crippen LogP contribution is -2.43. The van der Waals surface area contributed by atoms with Crippen molar-refractivity contribution in [1.29, 1.82) is 0 Å². The summed E-state index contributed by atoms with van der Waals surface area (Å²) >= 11 is 0. The number of nitrogens with zero attached hydrogens (tertiary/aromatic N) is 2. The van der Waals surface area contributed by atoms with Gasteiger partial charge >= 0.3 is 12.0 Å². The van der Waals surface area contributed by atoms with Crippen LogP contribution in [0.15, 0.2) is 72.9 Å². The van der Waals surface area contributed by atoms with Gasteiger partial charge in [-0.1, -0.05) is 49.4 Å². The third kappa shape index (κ3) is 8.83. The summed E-state index contributed by atoms with van der Waals surface area (Å²) in [4.78, 5) is 30.4. The second-order valence-electron chi connectivity index (χ2n) is 10.4. The Kier molecular flexibility index (Phi) is 11.4. The largest absolute Gasteiger partial charge is 0.465 e. The molecule has 4 rings (SSSR count). The Morgan fingerprint density at radius 1 is 1.02 bits per heavy atom. The topological polar surface area (TPSA) is 122 Å². The molecule has 3 N–H and O–H groups in total. The summed E-state index contributed by atoms with van der Waals surface area (Å²) in [6.45, 7) is 5.42. The molecule has 1 fully saturated rings. The Balaban J connectivity index is 1.45. The second kappa shape index (κ2) is 15.4. The molecule has 224 valence electrons. The van der Waals surface area contributed by atoms with Crippen LogP contribution in [0.1, 0.15) is 48.6 Å². The van der Waals surface area contributed by atoms with Gasteiger partial charge in [-0.2, -0.15) is 0 Å². The molecule has 3 aromatic rings. The van der Waals surface area contributed by atoms with Gasteiger partial charge < -0.3 is 34.9 Å². The minimum atomic E-state index is -0.621. The fraction of sp³-hybridized carbons (Fsp3) is 0.406. The van der Waals surface area contributed by atoms with E-state index < -0.39 is 18.3 Å². The van der Waals surface area contributed by atoms with Gasteiger partial charge in [-0.25, -0.2) is 4.79 Å². The van der Waals surface area contributed by atoms with Gasteiger partial charge in [0.25, 0.3) is 0 Å². The summed E-state index contributed by atoms with van der Waals surface area (Å²) in [5.74, 6) is -0.441. The van der Waals surface area contributed by atoms with E-state index in [9.17, 15) is 14.7 Å². The number of carbonyl (C=O) groups is 2. The van der Waals surface area contributed by atoms with Crippen molar-refractivity contribution in [3.05, 3.63) is 95.3 Å². The highest BCUT2D eigenvalue weighted by Gasteiger charge is 2.38. The molecule has 10 heteroatoms. The molecule has 1 aliphatic rings. The van der Waals surface area contributed by atoms with Gasteiger partial charge in [-0.15, -0.1) is 0 Å². The number of hydrogen-bond acceptors (Lipinski definition) is 8. The molecule has 1 aromatic heterocycles. The van der Waals surface area contributed by atoms with Crippen molar-refractivity contribution < 1.29 is 28.9 Å². The van der Waals surface area contributed by atoms with Crippen LogP contribution in [0.25, 0.3) is 0 Å². The lowest BCUT2D eigenvalue weighted by molar-refractivity contribution is -0.275. The van der Waals surface area contributed by atoms with Crippen molar-refractivity contribution in [2.45, 2.75) is 45.4 Å². The van der Waals surface area contributed by atoms with Gasteiger partial charge in [-0.3, -0.25) is 9.78 Å². The number of anilines is 1. The first-order valence-corrected chi connectivity index (χ1v) is 14.3. The van der Waals surface area contributed by atoms with E-state index in [1.54, 1.807) is 19.1 Å². The van der Waals surface area contributed by atoms with Gasteiger partial charge in [-0.05, 0) is 49.4 Å².